The second-order valence-electron chi connectivity index (χ2n) is 6.23. The summed E-state index contributed by atoms with van der Waals surface area (Å²) in [7, 11) is -3.91. The minimum atomic E-state index is -3.91. The maximum absolute atomic E-state index is 13.7. The summed E-state index contributed by atoms with van der Waals surface area (Å²) >= 11 is 0. The number of hydrogen-bond donors (Lipinski definition) is 1. The van der Waals surface area contributed by atoms with E-state index in [1.165, 1.54) is 6.92 Å². The van der Waals surface area contributed by atoms with Gasteiger partial charge in [-0.1, -0.05) is 50.2 Å². The summed E-state index contributed by atoms with van der Waals surface area (Å²) in [5.74, 6) is 0.338. The number of carbonyl (C=O) groups is 1. The van der Waals surface area contributed by atoms with Gasteiger partial charge >= 0.3 is 7.60 Å². The van der Waals surface area contributed by atoms with Gasteiger partial charge in [0.1, 0.15) is 17.3 Å². The van der Waals surface area contributed by atoms with E-state index in [0.29, 0.717) is 11.5 Å². The summed E-state index contributed by atoms with van der Waals surface area (Å²) in [5.41, 5.74) is 5.14. The molecule has 0 aliphatic rings. The van der Waals surface area contributed by atoms with Crippen molar-refractivity contribution in [3.8, 4) is 11.5 Å². The van der Waals surface area contributed by atoms with Gasteiger partial charge in [-0.05, 0) is 37.1 Å². The highest BCUT2D eigenvalue weighted by Crippen LogP contribution is 2.54. The third-order valence-electron chi connectivity index (χ3n) is 3.84. The molecule has 2 atom stereocenters. The maximum atomic E-state index is 13.7. The van der Waals surface area contributed by atoms with E-state index in [0.717, 1.165) is 0 Å². The van der Waals surface area contributed by atoms with E-state index in [9.17, 15) is 9.36 Å². The first-order chi connectivity index (χ1) is 11.8. The van der Waals surface area contributed by atoms with Crippen molar-refractivity contribution in [1.82, 2.24) is 0 Å². The zero-order valence-electron chi connectivity index (χ0n) is 14.7. The molecule has 2 rings (SSSR count). The Balaban J connectivity index is 2.45. The first kappa shape index (κ1) is 19.2. The molecule has 2 aromatic carbocycles. The van der Waals surface area contributed by atoms with Crippen molar-refractivity contribution >= 4 is 13.4 Å². The third kappa shape index (κ3) is 4.94. The van der Waals surface area contributed by atoms with E-state index in [-0.39, 0.29) is 11.7 Å². The smallest absolute Gasteiger partial charge is 0.416 e. The first-order valence-corrected chi connectivity index (χ1v) is 9.79. The molecule has 0 heterocycles. The quantitative estimate of drug-likeness (QED) is 0.710. The van der Waals surface area contributed by atoms with Gasteiger partial charge in [0.25, 0.3) is 0 Å². The standard InChI is InChI=1S/C19H24NO4P/c1-14(2)18(20)19(15(3)21)25(22,23-16-10-6-4-7-11-16)24-17-12-8-5-9-13-17/h4-14,18-19H,20H2,1-3H3. The fraction of sp³-hybridized carbons (Fsp3) is 0.316. The third-order valence-corrected chi connectivity index (χ3v) is 6.16. The fourth-order valence-electron chi connectivity index (χ4n) is 2.46. The number of rotatable bonds is 8. The van der Waals surface area contributed by atoms with Crippen LogP contribution in [0.2, 0.25) is 0 Å². The topological polar surface area (TPSA) is 78.6 Å². The molecule has 25 heavy (non-hydrogen) atoms. The molecule has 0 aliphatic carbocycles. The van der Waals surface area contributed by atoms with Crippen LogP contribution in [0.15, 0.2) is 60.7 Å². The van der Waals surface area contributed by atoms with E-state index in [4.69, 9.17) is 14.8 Å². The lowest BCUT2D eigenvalue weighted by molar-refractivity contribution is -0.117. The zero-order chi connectivity index (χ0) is 18.4. The van der Waals surface area contributed by atoms with Crippen molar-refractivity contribution in [2.24, 2.45) is 11.7 Å². The van der Waals surface area contributed by atoms with Crippen LogP contribution in [0.1, 0.15) is 20.8 Å². The summed E-state index contributed by atoms with van der Waals surface area (Å²) in [5, 5.41) is 0. The zero-order valence-corrected chi connectivity index (χ0v) is 15.6. The van der Waals surface area contributed by atoms with Gasteiger partial charge < -0.3 is 14.8 Å². The van der Waals surface area contributed by atoms with Crippen molar-refractivity contribution < 1.29 is 18.4 Å². The van der Waals surface area contributed by atoms with Crippen molar-refractivity contribution in [1.29, 1.82) is 0 Å². The summed E-state index contributed by atoms with van der Waals surface area (Å²) in [4.78, 5) is 12.3. The van der Waals surface area contributed by atoms with Crippen LogP contribution in [0.5, 0.6) is 11.5 Å². The van der Waals surface area contributed by atoms with Gasteiger partial charge in [-0.15, -0.1) is 0 Å². The number of hydrogen-bond acceptors (Lipinski definition) is 5. The second-order valence-corrected chi connectivity index (χ2v) is 8.23. The van der Waals surface area contributed by atoms with Crippen LogP contribution >= 0.6 is 7.60 Å². The molecule has 0 spiro atoms. The molecular weight excluding hydrogens is 337 g/mol. The number of Topliss-reactive ketones (excluding diaryl/α,β-unsaturated/α-hetero) is 1. The Hall–Kier alpha value is -2.10. The molecule has 134 valence electrons. The number of para-hydroxylation sites is 2. The number of benzene rings is 2. The van der Waals surface area contributed by atoms with Crippen molar-refractivity contribution in [3.63, 3.8) is 0 Å². The lowest BCUT2D eigenvalue weighted by atomic mass is 10.00. The minimum Gasteiger partial charge on any atom is -0.416 e. The Morgan fingerprint density at radius 2 is 1.32 bits per heavy atom. The molecule has 0 saturated carbocycles. The predicted octanol–water partition coefficient (Wildman–Crippen LogP) is 4.28. The molecule has 2 aromatic rings. The van der Waals surface area contributed by atoms with Gasteiger partial charge in [-0.25, -0.2) is 4.57 Å². The number of nitrogens with two attached hydrogens (primary N) is 1. The highest BCUT2D eigenvalue weighted by Gasteiger charge is 2.47. The Morgan fingerprint density at radius 1 is 0.920 bits per heavy atom. The molecular formula is C19H24NO4P. The van der Waals surface area contributed by atoms with Crippen LogP contribution in [0.25, 0.3) is 0 Å². The van der Waals surface area contributed by atoms with Crippen molar-refractivity contribution in [3.05, 3.63) is 60.7 Å². The Bertz CT molecular complexity index is 688. The first-order valence-electron chi connectivity index (χ1n) is 8.18. The minimum absolute atomic E-state index is 0.0685. The summed E-state index contributed by atoms with van der Waals surface area (Å²) < 4.78 is 25.2. The molecule has 0 aromatic heterocycles. The Labute approximate surface area is 148 Å². The Kier molecular flexibility index (Phi) is 6.40. The molecule has 0 radical (unpaired) electrons. The number of ketones is 1. The van der Waals surface area contributed by atoms with E-state index in [1.54, 1.807) is 48.5 Å². The van der Waals surface area contributed by atoms with Crippen LogP contribution in [-0.4, -0.2) is 17.5 Å². The summed E-state index contributed by atoms with van der Waals surface area (Å²) in [6, 6.07) is 16.7. The molecule has 2 N–H and O–H groups in total. The molecule has 0 amide bonds. The van der Waals surface area contributed by atoms with Crippen molar-refractivity contribution in [2.45, 2.75) is 32.5 Å². The van der Waals surface area contributed by atoms with Gasteiger partial charge in [0.15, 0.2) is 5.66 Å². The average Bonchev–Trinajstić information content (AvgIpc) is 2.56. The SMILES string of the molecule is CC(=O)C(C(N)C(C)C)P(=O)(Oc1ccccc1)Oc1ccccc1. The molecule has 5 nitrogen and oxygen atoms in total. The van der Waals surface area contributed by atoms with Crippen LogP contribution in [-0.2, 0) is 9.36 Å². The highest BCUT2D eigenvalue weighted by molar-refractivity contribution is 7.56. The monoisotopic (exact) mass is 361 g/mol. The second kappa shape index (κ2) is 8.32. The van der Waals surface area contributed by atoms with E-state index < -0.39 is 19.3 Å². The summed E-state index contributed by atoms with van der Waals surface area (Å²) in [6.45, 7) is 5.11. The lowest BCUT2D eigenvalue weighted by Gasteiger charge is -2.31. The van der Waals surface area contributed by atoms with Gasteiger partial charge in [-0.3, -0.25) is 4.79 Å². The predicted molar refractivity (Wildman–Crippen MR) is 99.0 cm³/mol. The Morgan fingerprint density at radius 3 is 1.64 bits per heavy atom. The fourth-order valence-corrected chi connectivity index (χ4v) is 4.76. The van der Waals surface area contributed by atoms with Crippen LogP contribution < -0.4 is 14.8 Å². The van der Waals surface area contributed by atoms with E-state index in [2.05, 4.69) is 0 Å². The van der Waals surface area contributed by atoms with Crippen LogP contribution in [0, 0.1) is 5.92 Å². The normalized spacial score (nSPS) is 14.0. The molecule has 0 aliphatic heterocycles. The maximum Gasteiger partial charge on any atom is 0.442 e. The molecule has 0 saturated heterocycles. The lowest BCUT2D eigenvalue weighted by Crippen LogP contribution is -2.44. The average molecular weight is 361 g/mol. The molecule has 2 unspecified atom stereocenters. The van der Waals surface area contributed by atoms with Gasteiger partial charge in [0, 0.05) is 6.04 Å². The van der Waals surface area contributed by atoms with Crippen molar-refractivity contribution in [2.75, 3.05) is 0 Å². The van der Waals surface area contributed by atoms with Gasteiger partial charge in [0.2, 0.25) is 0 Å². The molecule has 0 fully saturated rings. The molecule has 6 heteroatoms. The van der Waals surface area contributed by atoms with Gasteiger partial charge in [-0.2, -0.15) is 0 Å². The van der Waals surface area contributed by atoms with Crippen LogP contribution in [0.3, 0.4) is 0 Å². The van der Waals surface area contributed by atoms with Crippen LogP contribution in [0.4, 0.5) is 0 Å². The summed E-state index contributed by atoms with van der Waals surface area (Å²) in [6.07, 6.45) is 0. The van der Waals surface area contributed by atoms with Gasteiger partial charge in [0.05, 0.1) is 0 Å². The highest BCUT2D eigenvalue weighted by atomic mass is 31.2. The largest absolute Gasteiger partial charge is 0.442 e. The molecule has 0 bridgehead atoms. The van der Waals surface area contributed by atoms with E-state index in [1.807, 2.05) is 26.0 Å². The van der Waals surface area contributed by atoms with E-state index >= 15 is 0 Å². The number of carbonyl (C=O) groups excluding carboxylic acids is 1.